The third-order valence-electron chi connectivity index (χ3n) is 2.57. The molecule has 3 heterocycles. The van der Waals surface area contributed by atoms with Crippen molar-refractivity contribution in [2.45, 2.75) is 0 Å². The normalized spacial score (nSPS) is 9.55. The Morgan fingerprint density at radius 1 is 1.05 bits per heavy atom. The molecule has 3 aromatic heterocycles. The second kappa shape index (κ2) is 5.69. The quantitative estimate of drug-likeness (QED) is 0.740. The first kappa shape index (κ1) is 13.3. The lowest BCUT2D eigenvalue weighted by Gasteiger charge is -1.94. The molecule has 0 saturated heterocycles. The number of nitrogens with one attached hydrogen (secondary N) is 1. The lowest BCUT2D eigenvalue weighted by Crippen LogP contribution is -1.86. The smallest absolute Gasteiger partial charge is 0.181 e. The number of rotatable bonds is 2. The summed E-state index contributed by atoms with van der Waals surface area (Å²) in [5.74, 6) is 1.19. The van der Waals surface area contributed by atoms with Gasteiger partial charge < -0.3 is 5.48 Å². The molecule has 0 radical (unpaired) electrons. The third-order valence-corrected chi connectivity index (χ3v) is 2.57. The topological polar surface area (TPSA) is 123 Å². The molecule has 0 aliphatic rings. The van der Waals surface area contributed by atoms with E-state index in [2.05, 4.69) is 25.1 Å². The highest BCUT2D eigenvalue weighted by atomic mass is 16.0. The van der Waals surface area contributed by atoms with Crippen LogP contribution in [0.3, 0.4) is 0 Å². The Morgan fingerprint density at radius 3 is 2.55 bits per heavy atom. The zero-order valence-corrected chi connectivity index (χ0v) is 10.3. The lowest BCUT2D eigenvalue weighted by atomic mass is 10.2. The van der Waals surface area contributed by atoms with E-state index in [1.165, 1.54) is 0 Å². The van der Waals surface area contributed by atoms with Crippen LogP contribution in [0.1, 0.15) is 5.69 Å². The van der Waals surface area contributed by atoms with Gasteiger partial charge in [-0.15, -0.1) is 0 Å². The zero-order chi connectivity index (χ0) is 13.1. The second-order valence-corrected chi connectivity index (χ2v) is 3.79. The fourth-order valence-electron chi connectivity index (χ4n) is 1.66. The summed E-state index contributed by atoms with van der Waals surface area (Å²) in [4.78, 5) is 12.3. The predicted molar refractivity (Wildman–Crippen MR) is 71.2 cm³/mol. The second-order valence-electron chi connectivity index (χ2n) is 3.79. The van der Waals surface area contributed by atoms with E-state index in [0.717, 1.165) is 11.1 Å². The summed E-state index contributed by atoms with van der Waals surface area (Å²) in [7, 11) is 0. The molecule has 0 amide bonds. The number of aromatic nitrogens is 5. The van der Waals surface area contributed by atoms with Gasteiger partial charge in [-0.2, -0.15) is 10.4 Å². The van der Waals surface area contributed by atoms with Crippen LogP contribution in [0.4, 0.5) is 0 Å². The number of nitriles is 1. The molecule has 0 atom stereocenters. The SMILES string of the molecule is N#Cc1cc(-c2n[nH]c(-c3ccncc3)n2)ccn1.O. The first-order chi connectivity index (χ1) is 9.36. The van der Waals surface area contributed by atoms with Gasteiger partial charge in [-0.1, -0.05) is 0 Å². The lowest BCUT2D eigenvalue weighted by molar-refractivity contribution is 0.824. The molecular weight excluding hydrogens is 256 g/mol. The van der Waals surface area contributed by atoms with Crippen LogP contribution in [0, 0.1) is 11.3 Å². The van der Waals surface area contributed by atoms with Crippen molar-refractivity contribution in [2.75, 3.05) is 0 Å². The summed E-state index contributed by atoms with van der Waals surface area (Å²) < 4.78 is 0. The van der Waals surface area contributed by atoms with Gasteiger partial charge in [0.05, 0.1) is 0 Å². The highest BCUT2D eigenvalue weighted by Gasteiger charge is 2.08. The first-order valence-corrected chi connectivity index (χ1v) is 5.56. The Morgan fingerprint density at radius 2 is 1.80 bits per heavy atom. The molecule has 0 unspecified atom stereocenters. The minimum Gasteiger partial charge on any atom is -0.412 e. The van der Waals surface area contributed by atoms with Crippen molar-refractivity contribution in [1.29, 1.82) is 5.26 Å². The highest BCUT2D eigenvalue weighted by Crippen LogP contribution is 2.19. The largest absolute Gasteiger partial charge is 0.412 e. The Balaban J connectivity index is 0.00000147. The zero-order valence-electron chi connectivity index (χ0n) is 10.3. The van der Waals surface area contributed by atoms with Crippen LogP contribution in [0.15, 0.2) is 42.9 Å². The molecule has 3 aromatic rings. The Kier molecular flexibility index (Phi) is 3.79. The molecule has 3 rings (SSSR count). The number of pyridine rings is 2. The molecule has 0 saturated carbocycles. The van der Waals surface area contributed by atoms with Crippen molar-refractivity contribution in [3.8, 4) is 28.8 Å². The predicted octanol–water partition coefficient (Wildman–Crippen LogP) is 0.976. The molecule has 20 heavy (non-hydrogen) atoms. The van der Waals surface area contributed by atoms with Crippen molar-refractivity contribution < 1.29 is 5.48 Å². The summed E-state index contributed by atoms with van der Waals surface area (Å²) >= 11 is 0. The van der Waals surface area contributed by atoms with E-state index in [-0.39, 0.29) is 5.48 Å². The monoisotopic (exact) mass is 266 g/mol. The maximum Gasteiger partial charge on any atom is 0.181 e. The number of H-pyrrole nitrogens is 1. The molecule has 0 fully saturated rings. The minimum atomic E-state index is 0. The van der Waals surface area contributed by atoms with Crippen LogP contribution in [0.25, 0.3) is 22.8 Å². The van der Waals surface area contributed by atoms with Crippen molar-refractivity contribution in [3.63, 3.8) is 0 Å². The molecule has 98 valence electrons. The number of hydrogen-bond donors (Lipinski definition) is 1. The minimum absolute atomic E-state index is 0. The van der Waals surface area contributed by atoms with Gasteiger partial charge in [-0.25, -0.2) is 9.97 Å². The molecule has 7 nitrogen and oxygen atoms in total. The van der Waals surface area contributed by atoms with Gasteiger partial charge in [-0.05, 0) is 24.3 Å². The van der Waals surface area contributed by atoms with Gasteiger partial charge in [0.2, 0.25) is 0 Å². The van der Waals surface area contributed by atoms with Crippen LogP contribution < -0.4 is 0 Å². The van der Waals surface area contributed by atoms with E-state index in [4.69, 9.17) is 5.26 Å². The van der Waals surface area contributed by atoms with Crippen molar-refractivity contribution in [2.24, 2.45) is 0 Å². The fraction of sp³-hybridized carbons (Fsp3) is 0. The number of nitrogens with zero attached hydrogens (tertiary/aromatic N) is 5. The molecule has 0 aliphatic carbocycles. The van der Waals surface area contributed by atoms with Gasteiger partial charge in [0, 0.05) is 29.7 Å². The average molecular weight is 266 g/mol. The average Bonchev–Trinajstić information content (AvgIpc) is 2.98. The maximum atomic E-state index is 8.82. The van der Waals surface area contributed by atoms with Crippen LogP contribution in [0.5, 0.6) is 0 Å². The van der Waals surface area contributed by atoms with Crippen LogP contribution in [0.2, 0.25) is 0 Å². The van der Waals surface area contributed by atoms with E-state index in [0.29, 0.717) is 17.3 Å². The van der Waals surface area contributed by atoms with E-state index in [1.807, 2.05) is 18.2 Å². The van der Waals surface area contributed by atoms with E-state index in [1.54, 1.807) is 30.7 Å². The summed E-state index contributed by atoms with van der Waals surface area (Å²) in [6, 6.07) is 9.10. The Labute approximate surface area is 114 Å². The fourth-order valence-corrected chi connectivity index (χ4v) is 1.66. The molecule has 0 aliphatic heterocycles. The van der Waals surface area contributed by atoms with Gasteiger partial charge in [-0.3, -0.25) is 10.1 Å². The van der Waals surface area contributed by atoms with Crippen LogP contribution in [-0.4, -0.2) is 30.6 Å². The van der Waals surface area contributed by atoms with Crippen molar-refractivity contribution >= 4 is 0 Å². The van der Waals surface area contributed by atoms with Crippen LogP contribution in [-0.2, 0) is 0 Å². The Hall–Kier alpha value is -3.11. The highest BCUT2D eigenvalue weighted by molar-refractivity contribution is 5.61. The third kappa shape index (κ3) is 2.50. The van der Waals surface area contributed by atoms with E-state index < -0.39 is 0 Å². The molecule has 0 bridgehead atoms. The van der Waals surface area contributed by atoms with Gasteiger partial charge in [0.15, 0.2) is 11.6 Å². The molecule has 7 heteroatoms. The summed E-state index contributed by atoms with van der Waals surface area (Å²) in [6.07, 6.45) is 4.95. The molecule has 3 N–H and O–H groups in total. The molecular formula is C13H10N6O. The van der Waals surface area contributed by atoms with E-state index >= 15 is 0 Å². The van der Waals surface area contributed by atoms with Gasteiger partial charge in [0.25, 0.3) is 0 Å². The van der Waals surface area contributed by atoms with Crippen molar-refractivity contribution in [1.82, 2.24) is 25.1 Å². The Bertz CT molecular complexity index is 747. The van der Waals surface area contributed by atoms with Crippen LogP contribution >= 0.6 is 0 Å². The standard InChI is InChI=1S/C13H8N6.H2O/c14-8-11-7-10(3-6-16-11)13-17-12(18-19-13)9-1-4-15-5-2-9;/h1-7H,(H,17,18,19);1H2. The van der Waals surface area contributed by atoms with Gasteiger partial charge >= 0.3 is 0 Å². The molecule has 0 aromatic carbocycles. The first-order valence-electron chi connectivity index (χ1n) is 5.56. The number of aromatic amines is 1. The van der Waals surface area contributed by atoms with Gasteiger partial charge in [0.1, 0.15) is 11.8 Å². The number of hydrogen-bond acceptors (Lipinski definition) is 5. The summed E-state index contributed by atoms with van der Waals surface area (Å²) in [5, 5.41) is 15.8. The van der Waals surface area contributed by atoms with Crippen molar-refractivity contribution in [3.05, 3.63) is 48.5 Å². The van der Waals surface area contributed by atoms with E-state index in [9.17, 15) is 0 Å². The molecule has 0 spiro atoms. The summed E-state index contributed by atoms with van der Waals surface area (Å²) in [6.45, 7) is 0. The maximum absolute atomic E-state index is 8.82. The summed E-state index contributed by atoms with van der Waals surface area (Å²) in [5.41, 5.74) is 2.00.